The van der Waals surface area contributed by atoms with Crippen molar-refractivity contribution in [2.24, 2.45) is 0 Å². The molecule has 0 bridgehead atoms. The largest absolute Gasteiger partial charge is 0.481 e. The number of piperazine rings is 1. The second-order valence-electron chi connectivity index (χ2n) is 7.40. The molecule has 1 fully saturated rings. The van der Waals surface area contributed by atoms with Crippen LogP contribution in [0.1, 0.15) is 17.5 Å². The zero-order valence-corrected chi connectivity index (χ0v) is 17.2. The number of carbonyl (C=O) groups is 1. The monoisotopic (exact) mass is 396 g/mol. The summed E-state index contributed by atoms with van der Waals surface area (Å²) in [5, 5.41) is 1.17. The molecule has 0 unspecified atom stereocenters. The van der Waals surface area contributed by atoms with E-state index in [-0.39, 0.29) is 5.91 Å². The molecule has 2 heterocycles. The molecule has 1 aliphatic rings. The lowest BCUT2D eigenvalue weighted by Crippen LogP contribution is -3.13. The summed E-state index contributed by atoms with van der Waals surface area (Å²) in [6.07, 6.45) is -0.465. The molecule has 1 aliphatic heterocycles. The third-order valence-electron chi connectivity index (χ3n) is 5.17. The number of thiazole rings is 1. The van der Waals surface area contributed by atoms with Gasteiger partial charge in [-0.25, -0.2) is 4.98 Å². The van der Waals surface area contributed by atoms with E-state index in [0.29, 0.717) is 0 Å². The van der Waals surface area contributed by atoms with Gasteiger partial charge >= 0.3 is 0 Å². The number of para-hydroxylation sites is 1. The molecule has 2 aromatic carbocycles. The Morgan fingerprint density at radius 1 is 1.21 bits per heavy atom. The van der Waals surface area contributed by atoms with Gasteiger partial charge < -0.3 is 14.5 Å². The fraction of sp³-hybridized carbons (Fsp3) is 0.364. The van der Waals surface area contributed by atoms with Crippen molar-refractivity contribution in [3.05, 3.63) is 59.1 Å². The standard InChI is InChI=1S/C22H25N3O2S/c1-16-6-5-7-18(14-16)27-17(2)22(26)25-12-10-24(11-13-25)15-21-23-19-8-3-4-9-20(19)28-21/h3-9,14,17H,10-13,15H2,1-2H3/p+1/t17-/m1/s1. The molecule has 1 aromatic heterocycles. The van der Waals surface area contributed by atoms with E-state index in [0.717, 1.165) is 49.6 Å². The zero-order chi connectivity index (χ0) is 19.5. The summed E-state index contributed by atoms with van der Waals surface area (Å²) in [6.45, 7) is 8.20. The summed E-state index contributed by atoms with van der Waals surface area (Å²) in [7, 11) is 0. The average molecular weight is 397 g/mol. The van der Waals surface area contributed by atoms with Gasteiger partial charge in [-0.3, -0.25) is 4.79 Å². The van der Waals surface area contributed by atoms with E-state index >= 15 is 0 Å². The fourth-order valence-corrected chi connectivity index (χ4v) is 4.67. The van der Waals surface area contributed by atoms with Crippen LogP contribution in [0.4, 0.5) is 0 Å². The number of ether oxygens (including phenoxy) is 1. The zero-order valence-electron chi connectivity index (χ0n) is 16.4. The molecule has 0 aliphatic carbocycles. The highest BCUT2D eigenvalue weighted by atomic mass is 32.1. The molecular formula is C22H26N3O2S+. The van der Waals surface area contributed by atoms with E-state index in [4.69, 9.17) is 9.72 Å². The van der Waals surface area contributed by atoms with Gasteiger partial charge in [-0.1, -0.05) is 24.3 Å². The Morgan fingerprint density at radius 2 is 2.00 bits per heavy atom. The van der Waals surface area contributed by atoms with E-state index in [9.17, 15) is 4.79 Å². The first-order valence-corrected chi connectivity index (χ1v) is 10.6. The molecule has 1 amide bonds. The number of quaternary nitrogens is 1. The summed E-state index contributed by atoms with van der Waals surface area (Å²) < 4.78 is 7.10. The summed E-state index contributed by atoms with van der Waals surface area (Å²) in [5.41, 5.74) is 2.21. The quantitative estimate of drug-likeness (QED) is 0.720. The Labute approximate surface area is 169 Å². The molecule has 3 aromatic rings. The molecule has 1 N–H and O–H groups in total. The van der Waals surface area contributed by atoms with E-state index in [1.807, 2.05) is 49.1 Å². The topological polar surface area (TPSA) is 46.9 Å². The maximum atomic E-state index is 12.8. The predicted octanol–water partition coefficient (Wildman–Crippen LogP) is 2.30. The van der Waals surface area contributed by atoms with Crippen LogP contribution in [0.2, 0.25) is 0 Å². The van der Waals surface area contributed by atoms with Crippen molar-refractivity contribution in [3.63, 3.8) is 0 Å². The molecule has 0 saturated carbocycles. The lowest BCUT2D eigenvalue weighted by molar-refractivity contribution is -0.917. The van der Waals surface area contributed by atoms with Crippen molar-refractivity contribution >= 4 is 27.5 Å². The average Bonchev–Trinajstić information content (AvgIpc) is 3.10. The van der Waals surface area contributed by atoms with Gasteiger partial charge in [0.05, 0.1) is 36.4 Å². The number of benzene rings is 2. The van der Waals surface area contributed by atoms with Crippen LogP contribution in [0.3, 0.4) is 0 Å². The number of amides is 1. The highest BCUT2D eigenvalue weighted by molar-refractivity contribution is 7.18. The second-order valence-corrected chi connectivity index (χ2v) is 8.52. The number of carbonyl (C=O) groups excluding carboxylic acids is 1. The number of fused-ring (bicyclic) bond motifs is 1. The van der Waals surface area contributed by atoms with Crippen molar-refractivity contribution in [2.45, 2.75) is 26.5 Å². The van der Waals surface area contributed by atoms with E-state index < -0.39 is 6.10 Å². The van der Waals surface area contributed by atoms with Crippen molar-refractivity contribution in [1.29, 1.82) is 0 Å². The smallest absolute Gasteiger partial charge is 0.263 e. The Morgan fingerprint density at radius 3 is 2.75 bits per heavy atom. The number of nitrogens with zero attached hydrogens (tertiary/aromatic N) is 2. The summed E-state index contributed by atoms with van der Waals surface area (Å²) in [5.74, 6) is 0.821. The third-order valence-corrected chi connectivity index (χ3v) is 6.21. The number of aromatic nitrogens is 1. The molecule has 1 atom stereocenters. The van der Waals surface area contributed by atoms with Gasteiger partial charge in [0, 0.05) is 0 Å². The number of hydrogen-bond donors (Lipinski definition) is 1. The molecule has 5 nitrogen and oxygen atoms in total. The van der Waals surface area contributed by atoms with Crippen LogP contribution in [-0.4, -0.2) is 48.1 Å². The molecule has 6 heteroatoms. The van der Waals surface area contributed by atoms with E-state index in [1.165, 1.54) is 14.6 Å². The first kappa shape index (κ1) is 18.9. The minimum atomic E-state index is -0.465. The lowest BCUT2D eigenvalue weighted by atomic mass is 10.2. The van der Waals surface area contributed by atoms with Gasteiger partial charge in [0.1, 0.15) is 17.3 Å². The summed E-state index contributed by atoms with van der Waals surface area (Å²) in [4.78, 5) is 20.9. The second kappa shape index (κ2) is 8.29. The highest BCUT2D eigenvalue weighted by Gasteiger charge is 2.28. The van der Waals surface area contributed by atoms with Crippen LogP contribution < -0.4 is 9.64 Å². The maximum Gasteiger partial charge on any atom is 0.263 e. The molecule has 0 radical (unpaired) electrons. The highest BCUT2D eigenvalue weighted by Crippen LogP contribution is 2.21. The van der Waals surface area contributed by atoms with Crippen molar-refractivity contribution in [2.75, 3.05) is 26.2 Å². The third kappa shape index (κ3) is 4.34. The molecule has 1 saturated heterocycles. The molecule has 4 rings (SSSR count). The van der Waals surface area contributed by atoms with Crippen LogP contribution in [0, 0.1) is 6.92 Å². The number of nitrogens with one attached hydrogen (secondary N) is 1. The Hall–Kier alpha value is -2.44. The van der Waals surface area contributed by atoms with Crippen LogP contribution in [0.5, 0.6) is 5.75 Å². The van der Waals surface area contributed by atoms with Crippen molar-refractivity contribution in [3.8, 4) is 5.75 Å². The van der Waals surface area contributed by atoms with Crippen LogP contribution in [-0.2, 0) is 11.3 Å². The summed E-state index contributed by atoms with van der Waals surface area (Å²) in [6, 6.07) is 16.1. The normalized spacial score (nSPS) is 16.3. The van der Waals surface area contributed by atoms with Crippen molar-refractivity contribution < 1.29 is 14.4 Å². The van der Waals surface area contributed by atoms with Crippen molar-refractivity contribution in [1.82, 2.24) is 9.88 Å². The van der Waals surface area contributed by atoms with Gasteiger partial charge in [-0.15, -0.1) is 11.3 Å². The minimum absolute atomic E-state index is 0.0699. The maximum absolute atomic E-state index is 12.8. The molecule has 146 valence electrons. The first-order valence-electron chi connectivity index (χ1n) is 9.78. The fourth-order valence-electron chi connectivity index (χ4n) is 3.63. The van der Waals surface area contributed by atoms with Crippen LogP contribution in [0.15, 0.2) is 48.5 Å². The lowest BCUT2D eigenvalue weighted by Gasteiger charge is -2.33. The first-order chi connectivity index (χ1) is 13.6. The van der Waals surface area contributed by atoms with E-state index in [1.54, 1.807) is 11.3 Å². The van der Waals surface area contributed by atoms with Gasteiger partial charge in [-0.2, -0.15) is 0 Å². The van der Waals surface area contributed by atoms with Gasteiger partial charge in [0.15, 0.2) is 6.10 Å². The Balaban J connectivity index is 1.30. The summed E-state index contributed by atoms with van der Waals surface area (Å²) >= 11 is 1.77. The molecule has 28 heavy (non-hydrogen) atoms. The Kier molecular flexibility index (Phi) is 5.59. The van der Waals surface area contributed by atoms with E-state index in [2.05, 4.69) is 18.2 Å². The van der Waals surface area contributed by atoms with Crippen LogP contribution >= 0.6 is 11.3 Å². The Bertz CT molecular complexity index is 930. The molecular weight excluding hydrogens is 370 g/mol. The molecule has 0 spiro atoms. The van der Waals surface area contributed by atoms with Gasteiger partial charge in [0.25, 0.3) is 5.91 Å². The van der Waals surface area contributed by atoms with Gasteiger partial charge in [-0.05, 0) is 43.7 Å². The number of rotatable bonds is 5. The van der Waals surface area contributed by atoms with Crippen LogP contribution in [0.25, 0.3) is 10.2 Å². The van der Waals surface area contributed by atoms with Gasteiger partial charge in [0.2, 0.25) is 0 Å². The number of hydrogen-bond acceptors (Lipinski definition) is 4. The number of aryl methyl sites for hydroxylation is 1. The minimum Gasteiger partial charge on any atom is -0.481 e. The predicted molar refractivity (Wildman–Crippen MR) is 112 cm³/mol. The SMILES string of the molecule is Cc1cccc(O[C@H](C)C(=O)N2CC[NH+](Cc3nc4ccccc4s3)CC2)c1.